The SMILES string of the molecule is COC(CN1CC[C@H]2[C@H](CCCN2Cc2ccccc2)C1)OC. The minimum absolute atomic E-state index is 0.101. The first kappa shape index (κ1) is 16.9. The molecular formula is C19H30N2O2. The molecule has 1 aromatic rings. The summed E-state index contributed by atoms with van der Waals surface area (Å²) in [7, 11) is 3.45. The van der Waals surface area contributed by atoms with Crippen molar-refractivity contribution in [3.63, 3.8) is 0 Å². The molecule has 1 aromatic carbocycles. The zero-order valence-electron chi connectivity index (χ0n) is 14.5. The lowest BCUT2D eigenvalue weighted by atomic mass is 9.83. The van der Waals surface area contributed by atoms with Gasteiger partial charge in [0.1, 0.15) is 0 Å². The fraction of sp³-hybridized carbons (Fsp3) is 0.684. The number of fused-ring (bicyclic) bond motifs is 1. The van der Waals surface area contributed by atoms with Crippen molar-refractivity contribution in [1.29, 1.82) is 0 Å². The molecule has 2 atom stereocenters. The molecule has 23 heavy (non-hydrogen) atoms. The van der Waals surface area contributed by atoms with E-state index >= 15 is 0 Å². The standard InChI is InChI=1S/C19H30N2O2/c1-22-19(23-2)15-20-12-10-18-17(14-20)9-6-11-21(18)13-16-7-4-3-5-8-16/h3-5,7-8,17-19H,6,9-15H2,1-2H3/t17-,18+/m1/s1. The predicted octanol–water partition coefficient (Wildman–Crippen LogP) is 2.59. The first-order valence-electron chi connectivity index (χ1n) is 8.86. The highest BCUT2D eigenvalue weighted by molar-refractivity contribution is 5.15. The fourth-order valence-electron chi connectivity index (χ4n) is 4.22. The molecule has 4 heteroatoms. The number of piperidine rings is 2. The Morgan fingerprint density at radius 3 is 2.61 bits per heavy atom. The number of hydrogen-bond donors (Lipinski definition) is 0. The van der Waals surface area contributed by atoms with Crippen molar-refractivity contribution in [2.75, 3.05) is 40.4 Å². The number of benzene rings is 1. The third-order valence-corrected chi connectivity index (χ3v) is 5.43. The van der Waals surface area contributed by atoms with Crippen molar-refractivity contribution in [2.24, 2.45) is 5.92 Å². The van der Waals surface area contributed by atoms with E-state index in [1.165, 1.54) is 37.9 Å². The molecule has 0 aromatic heterocycles. The molecule has 0 aliphatic carbocycles. The molecule has 2 fully saturated rings. The maximum Gasteiger partial charge on any atom is 0.169 e. The van der Waals surface area contributed by atoms with Crippen LogP contribution >= 0.6 is 0 Å². The van der Waals surface area contributed by atoms with Gasteiger partial charge in [0, 0.05) is 39.9 Å². The van der Waals surface area contributed by atoms with Gasteiger partial charge in [-0.3, -0.25) is 9.80 Å². The summed E-state index contributed by atoms with van der Waals surface area (Å²) in [6.45, 7) is 5.55. The summed E-state index contributed by atoms with van der Waals surface area (Å²) in [5, 5.41) is 0. The monoisotopic (exact) mass is 318 g/mol. The van der Waals surface area contributed by atoms with E-state index in [0.717, 1.165) is 31.6 Å². The molecule has 0 saturated carbocycles. The maximum atomic E-state index is 5.36. The number of nitrogens with zero attached hydrogens (tertiary/aromatic N) is 2. The van der Waals surface area contributed by atoms with E-state index in [-0.39, 0.29) is 6.29 Å². The third-order valence-electron chi connectivity index (χ3n) is 5.43. The van der Waals surface area contributed by atoms with Crippen LogP contribution in [-0.2, 0) is 16.0 Å². The zero-order chi connectivity index (χ0) is 16.1. The molecule has 0 N–H and O–H groups in total. The average molecular weight is 318 g/mol. The van der Waals surface area contributed by atoms with Crippen molar-refractivity contribution in [3.05, 3.63) is 35.9 Å². The summed E-state index contributed by atoms with van der Waals surface area (Å²) < 4.78 is 10.7. The molecular weight excluding hydrogens is 288 g/mol. The van der Waals surface area contributed by atoms with E-state index in [4.69, 9.17) is 9.47 Å². The second kappa shape index (κ2) is 8.25. The van der Waals surface area contributed by atoms with Crippen LogP contribution in [-0.4, -0.2) is 62.5 Å². The molecule has 3 rings (SSSR count). The zero-order valence-corrected chi connectivity index (χ0v) is 14.5. The molecule has 2 aliphatic heterocycles. The van der Waals surface area contributed by atoms with Gasteiger partial charge in [-0.1, -0.05) is 30.3 Å². The van der Waals surface area contributed by atoms with Gasteiger partial charge in [-0.25, -0.2) is 0 Å². The van der Waals surface area contributed by atoms with E-state index in [1.807, 2.05) is 0 Å². The Balaban J connectivity index is 1.57. The summed E-state index contributed by atoms with van der Waals surface area (Å²) >= 11 is 0. The van der Waals surface area contributed by atoms with Gasteiger partial charge in [-0.15, -0.1) is 0 Å². The lowest BCUT2D eigenvalue weighted by Crippen LogP contribution is -2.54. The number of ether oxygens (including phenoxy) is 2. The Hall–Kier alpha value is -0.940. The summed E-state index contributed by atoms with van der Waals surface area (Å²) in [5.74, 6) is 0.788. The van der Waals surface area contributed by atoms with Gasteiger partial charge in [-0.05, 0) is 43.8 Å². The third kappa shape index (κ3) is 4.32. The lowest BCUT2D eigenvalue weighted by molar-refractivity contribution is -0.123. The number of rotatable bonds is 6. The van der Waals surface area contributed by atoms with E-state index in [1.54, 1.807) is 14.2 Å². The van der Waals surface area contributed by atoms with Crippen molar-refractivity contribution in [2.45, 2.75) is 38.1 Å². The molecule has 0 unspecified atom stereocenters. The van der Waals surface area contributed by atoms with E-state index in [9.17, 15) is 0 Å². The van der Waals surface area contributed by atoms with Gasteiger partial charge in [-0.2, -0.15) is 0 Å². The fourth-order valence-corrected chi connectivity index (χ4v) is 4.22. The van der Waals surface area contributed by atoms with Gasteiger partial charge >= 0.3 is 0 Å². The Labute approximate surface area is 140 Å². The second-order valence-corrected chi connectivity index (χ2v) is 6.87. The van der Waals surface area contributed by atoms with Crippen LogP contribution in [0.1, 0.15) is 24.8 Å². The first-order valence-corrected chi connectivity index (χ1v) is 8.86. The molecule has 0 bridgehead atoms. The number of likely N-dealkylation sites (tertiary alicyclic amines) is 2. The Morgan fingerprint density at radius 2 is 1.87 bits per heavy atom. The minimum Gasteiger partial charge on any atom is -0.355 e. The molecule has 2 saturated heterocycles. The van der Waals surface area contributed by atoms with Gasteiger partial charge in [0.15, 0.2) is 6.29 Å². The summed E-state index contributed by atoms with van der Waals surface area (Å²) in [4.78, 5) is 5.23. The largest absolute Gasteiger partial charge is 0.355 e. The Morgan fingerprint density at radius 1 is 1.09 bits per heavy atom. The summed E-state index contributed by atoms with van der Waals surface area (Å²) in [5.41, 5.74) is 1.44. The van der Waals surface area contributed by atoms with Crippen molar-refractivity contribution >= 4 is 0 Å². The maximum absolute atomic E-state index is 5.36. The molecule has 0 radical (unpaired) electrons. The summed E-state index contributed by atoms with van der Waals surface area (Å²) in [6, 6.07) is 11.6. The molecule has 128 valence electrons. The second-order valence-electron chi connectivity index (χ2n) is 6.87. The number of hydrogen-bond acceptors (Lipinski definition) is 4. The molecule has 0 spiro atoms. The van der Waals surface area contributed by atoms with Crippen LogP contribution in [0, 0.1) is 5.92 Å². The minimum atomic E-state index is -0.101. The van der Waals surface area contributed by atoms with Crippen LogP contribution in [0.25, 0.3) is 0 Å². The number of methoxy groups -OCH3 is 2. The average Bonchev–Trinajstić information content (AvgIpc) is 2.60. The topological polar surface area (TPSA) is 24.9 Å². The quantitative estimate of drug-likeness (QED) is 0.753. The van der Waals surface area contributed by atoms with E-state index < -0.39 is 0 Å². The highest BCUT2D eigenvalue weighted by Gasteiger charge is 2.36. The summed E-state index contributed by atoms with van der Waals surface area (Å²) in [6.07, 6.45) is 3.84. The van der Waals surface area contributed by atoms with Gasteiger partial charge < -0.3 is 9.47 Å². The van der Waals surface area contributed by atoms with Gasteiger partial charge in [0.2, 0.25) is 0 Å². The normalized spacial score (nSPS) is 26.4. The predicted molar refractivity (Wildman–Crippen MR) is 92.2 cm³/mol. The molecule has 2 aliphatic rings. The highest BCUT2D eigenvalue weighted by atomic mass is 16.7. The smallest absolute Gasteiger partial charge is 0.169 e. The lowest BCUT2D eigenvalue weighted by Gasteiger charge is -2.47. The highest BCUT2D eigenvalue weighted by Crippen LogP contribution is 2.31. The first-order chi connectivity index (χ1) is 11.3. The van der Waals surface area contributed by atoms with Crippen LogP contribution in [0.3, 0.4) is 0 Å². The van der Waals surface area contributed by atoms with Crippen LogP contribution in [0.2, 0.25) is 0 Å². The van der Waals surface area contributed by atoms with Crippen LogP contribution < -0.4 is 0 Å². The van der Waals surface area contributed by atoms with E-state index in [0.29, 0.717) is 0 Å². The molecule has 0 amide bonds. The Kier molecular flexibility index (Phi) is 6.06. The van der Waals surface area contributed by atoms with Crippen LogP contribution in [0.4, 0.5) is 0 Å². The van der Waals surface area contributed by atoms with Crippen LogP contribution in [0.15, 0.2) is 30.3 Å². The Bertz CT molecular complexity index is 464. The van der Waals surface area contributed by atoms with Crippen LogP contribution in [0.5, 0.6) is 0 Å². The van der Waals surface area contributed by atoms with Crippen molar-refractivity contribution in [1.82, 2.24) is 9.80 Å². The van der Waals surface area contributed by atoms with Gasteiger partial charge in [0.25, 0.3) is 0 Å². The molecule has 2 heterocycles. The van der Waals surface area contributed by atoms with Gasteiger partial charge in [0.05, 0.1) is 0 Å². The molecule has 4 nitrogen and oxygen atoms in total. The van der Waals surface area contributed by atoms with E-state index in [2.05, 4.69) is 40.1 Å². The van der Waals surface area contributed by atoms with Crippen molar-refractivity contribution in [3.8, 4) is 0 Å². The van der Waals surface area contributed by atoms with Crippen molar-refractivity contribution < 1.29 is 9.47 Å².